The van der Waals surface area contributed by atoms with Crippen LogP contribution < -0.4 is 10.1 Å². The summed E-state index contributed by atoms with van der Waals surface area (Å²) >= 11 is 0. The first-order valence-corrected chi connectivity index (χ1v) is 7.67. The van der Waals surface area contributed by atoms with Crippen LogP contribution >= 0.6 is 0 Å². The minimum Gasteiger partial charge on any atom is -0.493 e. The Morgan fingerprint density at radius 1 is 1.18 bits per heavy atom. The molecule has 0 spiro atoms. The maximum atomic E-state index is 11.8. The fourth-order valence-corrected chi connectivity index (χ4v) is 1.84. The van der Waals surface area contributed by atoms with E-state index in [9.17, 15) is 9.59 Å². The number of carboxylic acid groups (broad SMARTS) is 1. The van der Waals surface area contributed by atoms with E-state index in [1.807, 2.05) is 24.3 Å². The summed E-state index contributed by atoms with van der Waals surface area (Å²) in [6.45, 7) is 5.38. The lowest BCUT2D eigenvalue weighted by Gasteiger charge is -2.09. The largest absolute Gasteiger partial charge is 0.493 e. The van der Waals surface area contributed by atoms with Crippen molar-refractivity contribution in [3.63, 3.8) is 0 Å². The predicted octanol–water partition coefficient (Wildman–Crippen LogP) is 2.64. The average Bonchev–Trinajstić information content (AvgIpc) is 2.45. The first-order chi connectivity index (χ1) is 10.5. The quantitative estimate of drug-likeness (QED) is 0.652. The van der Waals surface area contributed by atoms with Gasteiger partial charge in [0, 0.05) is 13.0 Å². The van der Waals surface area contributed by atoms with Crippen LogP contribution in [0.2, 0.25) is 0 Å². The van der Waals surface area contributed by atoms with Gasteiger partial charge >= 0.3 is 5.97 Å². The molecular formula is C17H25NO4. The molecule has 1 rings (SSSR count). The van der Waals surface area contributed by atoms with Gasteiger partial charge in [-0.3, -0.25) is 9.59 Å². The van der Waals surface area contributed by atoms with Crippen LogP contribution in [-0.2, 0) is 16.0 Å². The SMILES string of the molecule is CC(C)COc1ccc(CC(=O)NCCCCC(=O)O)cc1. The van der Waals surface area contributed by atoms with Crippen LogP contribution in [0, 0.1) is 5.92 Å². The number of hydrogen-bond acceptors (Lipinski definition) is 3. The number of hydrogen-bond donors (Lipinski definition) is 2. The summed E-state index contributed by atoms with van der Waals surface area (Å²) in [4.78, 5) is 22.1. The van der Waals surface area contributed by atoms with E-state index in [4.69, 9.17) is 9.84 Å². The van der Waals surface area contributed by atoms with Crippen molar-refractivity contribution in [3.8, 4) is 5.75 Å². The Hall–Kier alpha value is -2.04. The maximum Gasteiger partial charge on any atom is 0.303 e. The van der Waals surface area contributed by atoms with E-state index in [0.29, 0.717) is 38.3 Å². The van der Waals surface area contributed by atoms with Gasteiger partial charge < -0.3 is 15.2 Å². The molecule has 0 aliphatic rings. The molecule has 0 aliphatic heterocycles. The maximum absolute atomic E-state index is 11.8. The zero-order valence-corrected chi connectivity index (χ0v) is 13.3. The van der Waals surface area contributed by atoms with E-state index < -0.39 is 5.97 Å². The Morgan fingerprint density at radius 3 is 2.45 bits per heavy atom. The standard InChI is InChI=1S/C17H25NO4/c1-13(2)12-22-15-8-6-14(7-9-15)11-16(19)18-10-4-3-5-17(20)21/h6-9,13H,3-5,10-12H2,1-2H3,(H,18,19)(H,20,21). The topological polar surface area (TPSA) is 75.6 Å². The van der Waals surface area contributed by atoms with Gasteiger partial charge in [0.05, 0.1) is 13.0 Å². The van der Waals surface area contributed by atoms with Gasteiger partial charge in [0.2, 0.25) is 5.91 Å². The monoisotopic (exact) mass is 307 g/mol. The number of carboxylic acids is 1. The zero-order chi connectivity index (χ0) is 16.4. The van der Waals surface area contributed by atoms with Gasteiger partial charge in [-0.1, -0.05) is 26.0 Å². The summed E-state index contributed by atoms with van der Waals surface area (Å²) in [5.41, 5.74) is 0.930. The summed E-state index contributed by atoms with van der Waals surface area (Å²) in [6, 6.07) is 7.52. The average molecular weight is 307 g/mol. The van der Waals surface area contributed by atoms with Crippen molar-refractivity contribution < 1.29 is 19.4 Å². The molecule has 0 unspecified atom stereocenters. The van der Waals surface area contributed by atoms with Crippen molar-refractivity contribution in [2.75, 3.05) is 13.2 Å². The summed E-state index contributed by atoms with van der Waals surface area (Å²) in [5.74, 6) is 0.440. The third kappa shape index (κ3) is 8.29. The van der Waals surface area contributed by atoms with Crippen LogP contribution in [0.3, 0.4) is 0 Å². The molecule has 5 nitrogen and oxygen atoms in total. The Labute approximate surface area is 131 Å². The molecule has 1 amide bonds. The van der Waals surface area contributed by atoms with Gasteiger partial charge in [-0.15, -0.1) is 0 Å². The normalized spacial score (nSPS) is 10.5. The second-order valence-corrected chi connectivity index (χ2v) is 5.73. The van der Waals surface area contributed by atoms with E-state index in [1.54, 1.807) is 0 Å². The van der Waals surface area contributed by atoms with Crippen molar-refractivity contribution >= 4 is 11.9 Å². The molecule has 2 N–H and O–H groups in total. The number of nitrogens with one attached hydrogen (secondary N) is 1. The summed E-state index contributed by atoms with van der Waals surface area (Å²) in [7, 11) is 0. The minimum absolute atomic E-state index is 0.0498. The van der Waals surface area contributed by atoms with E-state index in [-0.39, 0.29) is 12.3 Å². The number of rotatable bonds is 10. The number of carbonyl (C=O) groups is 2. The minimum atomic E-state index is -0.800. The number of benzene rings is 1. The van der Waals surface area contributed by atoms with Crippen LogP contribution in [0.25, 0.3) is 0 Å². The fourth-order valence-electron chi connectivity index (χ4n) is 1.84. The van der Waals surface area contributed by atoms with E-state index in [1.165, 1.54) is 0 Å². The smallest absolute Gasteiger partial charge is 0.303 e. The Balaban J connectivity index is 2.25. The molecule has 1 aromatic rings. The van der Waals surface area contributed by atoms with Crippen molar-refractivity contribution in [3.05, 3.63) is 29.8 Å². The highest BCUT2D eigenvalue weighted by Crippen LogP contribution is 2.13. The lowest BCUT2D eigenvalue weighted by atomic mass is 10.1. The Kier molecular flexibility index (Phi) is 8.04. The van der Waals surface area contributed by atoms with Crippen molar-refractivity contribution in [1.29, 1.82) is 0 Å². The van der Waals surface area contributed by atoms with E-state index in [0.717, 1.165) is 11.3 Å². The molecule has 0 atom stereocenters. The van der Waals surface area contributed by atoms with E-state index >= 15 is 0 Å². The molecule has 0 aliphatic carbocycles. The van der Waals surface area contributed by atoms with E-state index in [2.05, 4.69) is 19.2 Å². The zero-order valence-electron chi connectivity index (χ0n) is 13.3. The molecule has 0 heterocycles. The van der Waals surface area contributed by atoms with Gasteiger partial charge in [-0.25, -0.2) is 0 Å². The molecule has 0 saturated carbocycles. The van der Waals surface area contributed by atoms with Gasteiger partial charge in [0.15, 0.2) is 0 Å². The number of unbranched alkanes of at least 4 members (excludes halogenated alkanes) is 1. The molecule has 22 heavy (non-hydrogen) atoms. The predicted molar refractivity (Wildman–Crippen MR) is 85.0 cm³/mol. The molecule has 1 aromatic carbocycles. The lowest BCUT2D eigenvalue weighted by molar-refractivity contribution is -0.137. The van der Waals surface area contributed by atoms with Gasteiger partial charge in [0.25, 0.3) is 0 Å². The van der Waals surface area contributed by atoms with Crippen molar-refractivity contribution in [1.82, 2.24) is 5.32 Å². The molecule has 0 fully saturated rings. The number of ether oxygens (including phenoxy) is 1. The summed E-state index contributed by atoms with van der Waals surface area (Å²) < 4.78 is 5.59. The Bertz CT molecular complexity index is 468. The lowest BCUT2D eigenvalue weighted by Crippen LogP contribution is -2.26. The number of aliphatic carboxylic acids is 1. The molecule has 0 radical (unpaired) electrons. The molecule has 0 saturated heterocycles. The Morgan fingerprint density at radius 2 is 1.86 bits per heavy atom. The van der Waals surface area contributed by atoms with Crippen molar-refractivity contribution in [2.45, 2.75) is 39.5 Å². The summed E-state index contributed by atoms with van der Waals surface area (Å²) in [6.07, 6.45) is 1.73. The van der Waals surface area contributed by atoms with Gasteiger partial charge in [0.1, 0.15) is 5.75 Å². The molecule has 5 heteroatoms. The third-order valence-corrected chi connectivity index (χ3v) is 3.01. The molecular weight excluding hydrogens is 282 g/mol. The van der Waals surface area contributed by atoms with Crippen LogP contribution in [0.5, 0.6) is 5.75 Å². The third-order valence-electron chi connectivity index (χ3n) is 3.01. The molecule has 0 bridgehead atoms. The second kappa shape index (κ2) is 9.82. The first kappa shape index (κ1) is 18.0. The highest BCUT2D eigenvalue weighted by atomic mass is 16.5. The number of carbonyl (C=O) groups excluding carboxylic acids is 1. The second-order valence-electron chi connectivity index (χ2n) is 5.73. The van der Waals surface area contributed by atoms with Crippen LogP contribution in [0.15, 0.2) is 24.3 Å². The molecule has 122 valence electrons. The highest BCUT2D eigenvalue weighted by molar-refractivity contribution is 5.78. The summed E-state index contributed by atoms with van der Waals surface area (Å²) in [5, 5.41) is 11.3. The fraction of sp³-hybridized carbons (Fsp3) is 0.529. The van der Waals surface area contributed by atoms with Crippen LogP contribution in [0.4, 0.5) is 0 Å². The van der Waals surface area contributed by atoms with Crippen LogP contribution in [0.1, 0.15) is 38.7 Å². The van der Waals surface area contributed by atoms with Gasteiger partial charge in [-0.2, -0.15) is 0 Å². The molecule has 0 aromatic heterocycles. The van der Waals surface area contributed by atoms with Gasteiger partial charge in [-0.05, 0) is 36.5 Å². The van der Waals surface area contributed by atoms with Crippen LogP contribution in [-0.4, -0.2) is 30.1 Å². The number of amides is 1. The first-order valence-electron chi connectivity index (χ1n) is 7.67. The highest BCUT2D eigenvalue weighted by Gasteiger charge is 2.04. The van der Waals surface area contributed by atoms with Crippen molar-refractivity contribution in [2.24, 2.45) is 5.92 Å².